The molecule has 2 aromatic rings. The summed E-state index contributed by atoms with van der Waals surface area (Å²) in [6.45, 7) is 4.63. The number of aryl methyl sites for hydroxylation is 1. The maximum Gasteiger partial charge on any atom is 0.0933 e. The number of hydrogen-bond acceptors (Lipinski definition) is 4. The molecule has 0 saturated carbocycles. The van der Waals surface area contributed by atoms with Crippen LogP contribution >= 0.6 is 11.6 Å². The molecule has 1 N–H and O–H groups in total. The number of aromatic nitrogens is 4. The van der Waals surface area contributed by atoms with Crippen LogP contribution in [0.4, 0.5) is 0 Å². The molecule has 6 nitrogen and oxygen atoms in total. The van der Waals surface area contributed by atoms with Crippen LogP contribution in [0.2, 0.25) is 5.02 Å². The normalized spacial score (nSPS) is 13.0. The topological polar surface area (TPSA) is 50.9 Å². The van der Waals surface area contributed by atoms with E-state index < -0.39 is 0 Å². The molecule has 0 spiro atoms. The molecule has 2 aromatic heterocycles. The van der Waals surface area contributed by atoms with E-state index in [1.165, 1.54) is 0 Å². The van der Waals surface area contributed by atoms with Crippen molar-refractivity contribution in [2.75, 3.05) is 27.2 Å². The van der Waals surface area contributed by atoms with Crippen LogP contribution in [0.5, 0.6) is 0 Å². The molecule has 0 saturated heterocycles. The van der Waals surface area contributed by atoms with Crippen molar-refractivity contribution in [1.82, 2.24) is 29.8 Å². The first kappa shape index (κ1) is 16.0. The Balaban J connectivity index is 2.36. The number of nitrogens with one attached hydrogen (secondary N) is 1. The lowest BCUT2D eigenvalue weighted by atomic mass is 10.1. The van der Waals surface area contributed by atoms with E-state index in [2.05, 4.69) is 27.3 Å². The Bertz CT molecular complexity index is 574. The van der Waals surface area contributed by atoms with Crippen LogP contribution in [0.15, 0.2) is 18.5 Å². The summed E-state index contributed by atoms with van der Waals surface area (Å²) in [5.74, 6) is 0. The van der Waals surface area contributed by atoms with Crippen molar-refractivity contribution >= 4 is 11.6 Å². The van der Waals surface area contributed by atoms with E-state index in [0.717, 1.165) is 31.0 Å². The maximum absolute atomic E-state index is 6.39. The highest BCUT2D eigenvalue weighted by molar-refractivity contribution is 6.31. The predicted molar refractivity (Wildman–Crippen MR) is 84.5 cm³/mol. The van der Waals surface area contributed by atoms with E-state index in [1.54, 1.807) is 12.4 Å². The molecule has 21 heavy (non-hydrogen) atoms. The minimum atomic E-state index is -0.0142. The third kappa shape index (κ3) is 3.64. The van der Waals surface area contributed by atoms with E-state index in [9.17, 15) is 0 Å². The minimum absolute atomic E-state index is 0.0142. The second-order valence-corrected chi connectivity index (χ2v) is 5.68. The van der Waals surface area contributed by atoms with Crippen LogP contribution in [0.25, 0.3) is 0 Å². The molecule has 0 fully saturated rings. The number of rotatable bonds is 7. The molecule has 0 aliphatic carbocycles. The van der Waals surface area contributed by atoms with Gasteiger partial charge in [-0.05, 0) is 26.7 Å². The zero-order valence-electron chi connectivity index (χ0n) is 13.0. The van der Waals surface area contributed by atoms with Crippen LogP contribution in [-0.2, 0) is 13.6 Å². The lowest BCUT2D eigenvalue weighted by Gasteiger charge is -2.21. The molecule has 1 atom stereocenters. The summed E-state index contributed by atoms with van der Waals surface area (Å²) in [5.41, 5.74) is 2.06. The standard InChI is InChI=1S/C14H23ClN6/c1-5-16-13(12-6-7-17-20(12)4)14-11(15)10-18-21(14)9-8-19(2)3/h6-7,10,13,16H,5,8-9H2,1-4H3. The quantitative estimate of drug-likeness (QED) is 0.842. The molecule has 0 bridgehead atoms. The molecule has 0 aromatic carbocycles. The first-order valence-corrected chi connectivity index (χ1v) is 7.49. The summed E-state index contributed by atoms with van der Waals surface area (Å²) in [4.78, 5) is 2.13. The van der Waals surface area contributed by atoms with Gasteiger partial charge in [0.25, 0.3) is 0 Å². The highest BCUT2D eigenvalue weighted by Gasteiger charge is 2.23. The summed E-state index contributed by atoms with van der Waals surface area (Å²) >= 11 is 6.39. The van der Waals surface area contributed by atoms with Crippen molar-refractivity contribution < 1.29 is 0 Å². The summed E-state index contributed by atoms with van der Waals surface area (Å²) in [6.07, 6.45) is 3.52. The molecule has 0 amide bonds. The van der Waals surface area contributed by atoms with Crippen LogP contribution < -0.4 is 5.32 Å². The van der Waals surface area contributed by atoms with E-state index in [-0.39, 0.29) is 6.04 Å². The van der Waals surface area contributed by atoms with Crippen molar-refractivity contribution in [2.24, 2.45) is 7.05 Å². The fourth-order valence-electron chi connectivity index (χ4n) is 2.34. The first-order valence-electron chi connectivity index (χ1n) is 7.11. The molecular weight excluding hydrogens is 288 g/mol. The van der Waals surface area contributed by atoms with Crippen LogP contribution in [0.1, 0.15) is 24.4 Å². The molecule has 7 heteroatoms. The summed E-state index contributed by atoms with van der Waals surface area (Å²) in [6, 6.07) is 1.99. The van der Waals surface area contributed by atoms with Crippen molar-refractivity contribution in [3.8, 4) is 0 Å². The smallest absolute Gasteiger partial charge is 0.0933 e. The Morgan fingerprint density at radius 2 is 2.14 bits per heavy atom. The number of likely N-dealkylation sites (N-methyl/N-ethyl adjacent to an activating group) is 1. The third-order valence-electron chi connectivity index (χ3n) is 3.43. The van der Waals surface area contributed by atoms with Crippen molar-refractivity contribution in [1.29, 1.82) is 0 Å². The monoisotopic (exact) mass is 310 g/mol. The molecule has 2 heterocycles. The number of nitrogens with zero attached hydrogens (tertiary/aromatic N) is 5. The molecule has 0 radical (unpaired) electrons. The lowest BCUT2D eigenvalue weighted by Crippen LogP contribution is -2.28. The largest absolute Gasteiger partial charge is 0.308 e. The minimum Gasteiger partial charge on any atom is -0.308 e. The zero-order chi connectivity index (χ0) is 15.4. The molecule has 1 unspecified atom stereocenters. The van der Waals surface area contributed by atoms with Gasteiger partial charge in [0.1, 0.15) is 0 Å². The highest BCUT2D eigenvalue weighted by atomic mass is 35.5. The number of hydrogen-bond donors (Lipinski definition) is 1. The van der Waals surface area contributed by atoms with Gasteiger partial charge in [-0.3, -0.25) is 9.36 Å². The second-order valence-electron chi connectivity index (χ2n) is 5.27. The van der Waals surface area contributed by atoms with E-state index in [4.69, 9.17) is 11.6 Å². The van der Waals surface area contributed by atoms with Gasteiger partial charge in [-0.15, -0.1) is 0 Å². The highest BCUT2D eigenvalue weighted by Crippen LogP contribution is 2.28. The fourth-order valence-corrected chi connectivity index (χ4v) is 2.59. The van der Waals surface area contributed by atoms with Gasteiger partial charge in [-0.2, -0.15) is 10.2 Å². The third-order valence-corrected chi connectivity index (χ3v) is 3.72. The van der Waals surface area contributed by atoms with E-state index >= 15 is 0 Å². The zero-order valence-corrected chi connectivity index (χ0v) is 13.8. The van der Waals surface area contributed by atoms with E-state index in [0.29, 0.717) is 5.02 Å². The van der Waals surface area contributed by atoms with E-state index in [1.807, 2.05) is 36.6 Å². The second kappa shape index (κ2) is 7.06. The molecule has 116 valence electrons. The first-order chi connectivity index (χ1) is 10.0. The fraction of sp³-hybridized carbons (Fsp3) is 0.571. The molecule has 2 rings (SSSR count). The van der Waals surface area contributed by atoms with Crippen molar-refractivity contribution in [3.05, 3.63) is 34.9 Å². The Hall–Kier alpha value is -1.37. The SMILES string of the molecule is CCNC(c1ccnn1C)c1c(Cl)cnn1CCN(C)C. The van der Waals surface area contributed by atoms with Gasteiger partial charge in [-0.25, -0.2) is 0 Å². The van der Waals surface area contributed by atoms with Gasteiger partial charge in [0.05, 0.1) is 35.2 Å². The maximum atomic E-state index is 6.39. The van der Waals surface area contributed by atoms with Gasteiger partial charge in [-0.1, -0.05) is 18.5 Å². The molecule has 0 aliphatic rings. The summed E-state index contributed by atoms with van der Waals surface area (Å²) in [7, 11) is 6.04. The lowest BCUT2D eigenvalue weighted by molar-refractivity contribution is 0.364. The van der Waals surface area contributed by atoms with Gasteiger partial charge in [0.2, 0.25) is 0 Å². The Morgan fingerprint density at radius 3 is 2.71 bits per heavy atom. The summed E-state index contributed by atoms with van der Waals surface area (Å²) < 4.78 is 3.84. The molecular formula is C14H23ClN6. The van der Waals surface area contributed by atoms with Gasteiger partial charge in [0, 0.05) is 19.8 Å². The van der Waals surface area contributed by atoms with Crippen LogP contribution in [0, 0.1) is 0 Å². The van der Waals surface area contributed by atoms with Crippen LogP contribution in [-0.4, -0.2) is 51.6 Å². The Labute approximate surface area is 130 Å². The van der Waals surface area contributed by atoms with Gasteiger partial charge >= 0.3 is 0 Å². The number of halogens is 1. The predicted octanol–water partition coefficient (Wildman–Crippen LogP) is 1.53. The van der Waals surface area contributed by atoms with Crippen molar-refractivity contribution in [3.63, 3.8) is 0 Å². The Morgan fingerprint density at radius 1 is 1.38 bits per heavy atom. The van der Waals surface area contributed by atoms with Gasteiger partial charge < -0.3 is 10.2 Å². The average molecular weight is 311 g/mol. The Kier molecular flexibility index (Phi) is 5.39. The summed E-state index contributed by atoms with van der Waals surface area (Å²) in [5, 5.41) is 12.8. The van der Waals surface area contributed by atoms with Crippen molar-refractivity contribution in [2.45, 2.75) is 19.5 Å². The van der Waals surface area contributed by atoms with Gasteiger partial charge in [0.15, 0.2) is 0 Å². The molecule has 0 aliphatic heterocycles. The average Bonchev–Trinajstić information content (AvgIpc) is 3.00. The van der Waals surface area contributed by atoms with Crippen LogP contribution in [0.3, 0.4) is 0 Å².